The summed E-state index contributed by atoms with van der Waals surface area (Å²) in [5, 5.41) is 14.7. The lowest BCUT2D eigenvalue weighted by Gasteiger charge is -1.77. The third-order valence-corrected chi connectivity index (χ3v) is 0.709. The number of hydrogen-bond donors (Lipinski definition) is 1. The maximum absolute atomic E-state index is 10.0. The second kappa shape index (κ2) is 4.43. The molecule has 5 nitrogen and oxygen atoms in total. The van der Waals surface area contributed by atoms with Gasteiger partial charge in [-0.15, -0.1) is 10.2 Å². The minimum absolute atomic E-state index is 0.257. The van der Waals surface area contributed by atoms with Crippen LogP contribution in [0.3, 0.4) is 0 Å². The SMILES string of the molecule is CC.Cc1nnc(C(=O)O)o1. The van der Waals surface area contributed by atoms with E-state index < -0.39 is 5.97 Å². The number of rotatable bonds is 1. The zero-order valence-corrected chi connectivity index (χ0v) is 6.66. The summed E-state index contributed by atoms with van der Waals surface area (Å²) in [6.07, 6.45) is 0. The second-order valence-corrected chi connectivity index (χ2v) is 1.43. The Balaban J connectivity index is 0.000000461. The molecule has 0 aliphatic rings. The van der Waals surface area contributed by atoms with E-state index in [0.717, 1.165) is 0 Å². The maximum atomic E-state index is 10.0. The monoisotopic (exact) mass is 158 g/mol. The largest absolute Gasteiger partial charge is 0.474 e. The number of nitrogens with zero attached hydrogens (tertiary/aromatic N) is 2. The predicted molar refractivity (Wildman–Crippen MR) is 37.3 cm³/mol. The van der Waals surface area contributed by atoms with Crippen LogP contribution < -0.4 is 0 Å². The van der Waals surface area contributed by atoms with Crippen LogP contribution in [0.1, 0.15) is 30.4 Å². The van der Waals surface area contributed by atoms with Gasteiger partial charge in [-0.2, -0.15) is 0 Å². The van der Waals surface area contributed by atoms with Crippen molar-refractivity contribution in [1.82, 2.24) is 10.2 Å². The van der Waals surface area contributed by atoms with E-state index in [9.17, 15) is 4.79 Å². The Morgan fingerprint density at radius 3 is 2.18 bits per heavy atom. The Hall–Kier alpha value is -1.39. The van der Waals surface area contributed by atoms with Gasteiger partial charge in [-0.25, -0.2) is 4.79 Å². The summed E-state index contributed by atoms with van der Waals surface area (Å²) < 4.78 is 4.52. The Morgan fingerprint density at radius 1 is 1.45 bits per heavy atom. The van der Waals surface area contributed by atoms with Crippen LogP contribution in [0.4, 0.5) is 0 Å². The van der Waals surface area contributed by atoms with E-state index >= 15 is 0 Å². The molecule has 5 heteroatoms. The van der Waals surface area contributed by atoms with E-state index in [4.69, 9.17) is 5.11 Å². The van der Waals surface area contributed by atoms with Gasteiger partial charge in [0.05, 0.1) is 0 Å². The number of aromatic nitrogens is 2. The van der Waals surface area contributed by atoms with E-state index in [0.29, 0.717) is 0 Å². The molecule has 0 bridgehead atoms. The van der Waals surface area contributed by atoms with Gasteiger partial charge >= 0.3 is 11.9 Å². The van der Waals surface area contributed by atoms with Gasteiger partial charge in [-0.1, -0.05) is 13.8 Å². The standard InChI is InChI=1S/C4H4N2O3.C2H6/c1-2-5-6-3(9-2)4(7)8;1-2/h1H3,(H,7,8);1-2H3. The van der Waals surface area contributed by atoms with Crippen molar-refractivity contribution in [3.05, 3.63) is 11.8 Å². The zero-order valence-electron chi connectivity index (χ0n) is 6.66. The zero-order chi connectivity index (χ0) is 8.85. The molecule has 1 aromatic rings. The smallest absolute Gasteiger partial charge is 0.393 e. The number of aryl methyl sites for hydroxylation is 1. The minimum atomic E-state index is -1.20. The second-order valence-electron chi connectivity index (χ2n) is 1.43. The van der Waals surface area contributed by atoms with Gasteiger partial charge in [0.1, 0.15) is 0 Å². The third-order valence-electron chi connectivity index (χ3n) is 0.709. The fourth-order valence-corrected chi connectivity index (χ4v) is 0.383. The number of aromatic carboxylic acids is 1. The van der Waals surface area contributed by atoms with E-state index in [1.807, 2.05) is 13.8 Å². The first-order valence-electron chi connectivity index (χ1n) is 3.23. The molecule has 1 rings (SSSR count). The highest BCUT2D eigenvalue weighted by atomic mass is 16.4. The highest BCUT2D eigenvalue weighted by Crippen LogP contribution is 1.95. The minimum Gasteiger partial charge on any atom is -0.474 e. The van der Waals surface area contributed by atoms with Gasteiger partial charge in [0.2, 0.25) is 5.89 Å². The third kappa shape index (κ3) is 2.79. The fraction of sp³-hybridized carbons (Fsp3) is 0.500. The summed E-state index contributed by atoms with van der Waals surface area (Å²) >= 11 is 0. The highest BCUT2D eigenvalue weighted by Gasteiger charge is 2.09. The lowest BCUT2D eigenvalue weighted by molar-refractivity contribution is 0.0652. The molecule has 0 spiro atoms. The van der Waals surface area contributed by atoms with Crippen LogP contribution >= 0.6 is 0 Å². The number of carbonyl (C=O) groups is 1. The Labute approximate surface area is 64.1 Å². The molecule has 1 heterocycles. The van der Waals surface area contributed by atoms with E-state index in [-0.39, 0.29) is 11.8 Å². The summed E-state index contributed by atoms with van der Waals surface area (Å²) in [7, 11) is 0. The first-order valence-corrected chi connectivity index (χ1v) is 3.23. The average Bonchev–Trinajstić information content (AvgIpc) is 2.40. The quantitative estimate of drug-likeness (QED) is 0.662. The molecule has 0 radical (unpaired) electrons. The molecule has 62 valence electrons. The molecule has 1 aromatic heterocycles. The molecule has 0 aliphatic carbocycles. The van der Waals surface area contributed by atoms with Crippen molar-refractivity contribution < 1.29 is 14.3 Å². The topological polar surface area (TPSA) is 76.2 Å². The molecule has 0 aromatic carbocycles. The summed E-state index contributed by atoms with van der Waals surface area (Å²) in [5.74, 6) is -1.31. The van der Waals surface area contributed by atoms with E-state index in [1.54, 1.807) is 0 Å². The highest BCUT2D eigenvalue weighted by molar-refractivity contribution is 5.81. The van der Waals surface area contributed by atoms with Gasteiger partial charge in [0.15, 0.2) is 0 Å². The van der Waals surface area contributed by atoms with Crippen molar-refractivity contribution in [3.63, 3.8) is 0 Å². The maximum Gasteiger partial charge on any atom is 0.393 e. The average molecular weight is 158 g/mol. The summed E-state index contributed by atoms with van der Waals surface area (Å²) in [5.41, 5.74) is 0. The van der Waals surface area contributed by atoms with Crippen molar-refractivity contribution in [3.8, 4) is 0 Å². The molecule has 0 unspecified atom stereocenters. The molecule has 0 saturated carbocycles. The molecule has 0 fully saturated rings. The van der Waals surface area contributed by atoms with E-state index in [1.165, 1.54) is 6.92 Å². The normalized spacial score (nSPS) is 8.27. The first-order chi connectivity index (χ1) is 5.20. The lowest BCUT2D eigenvalue weighted by Crippen LogP contribution is -1.95. The van der Waals surface area contributed by atoms with Gasteiger partial charge in [0.25, 0.3) is 0 Å². The van der Waals surface area contributed by atoms with E-state index in [2.05, 4.69) is 14.6 Å². The molecular formula is C6H10N2O3. The summed E-state index contributed by atoms with van der Waals surface area (Å²) in [4.78, 5) is 10.0. The van der Waals surface area contributed by atoms with Crippen LogP contribution in [0.5, 0.6) is 0 Å². The molecule has 1 N–H and O–H groups in total. The van der Waals surface area contributed by atoms with Crippen LogP contribution in [-0.4, -0.2) is 21.3 Å². The van der Waals surface area contributed by atoms with Gasteiger partial charge in [-0.05, 0) is 0 Å². The van der Waals surface area contributed by atoms with Crippen LogP contribution in [0.15, 0.2) is 4.42 Å². The first kappa shape index (κ1) is 9.61. The van der Waals surface area contributed by atoms with Crippen molar-refractivity contribution in [2.75, 3.05) is 0 Å². The molecule has 0 amide bonds. The van der Waals surface area contributed by atoms with Crippen molar-refractivity contribution in [2.24, 2.45) is 0 Å². The Morgan fingerprint density at radius 2 is 2.00 bits per heavy atom. The van der Waals surface area contributed by atoms with Crippen LogP contribution in [0.25, 0.3) is 0 Å². The van der Waals surface area contributed by atoms with Gasteiger partial charge < -0.3 is 9.52 Å². The van der Waals surface area contributed by atoms with Crippen molar-refractivity contribution in [1.29, 1.82) is 0 Å². The van der Waals surface area contributed by atoms with Crippen LogP contribution in [0.2, 0.25) is 0 Å². The molecule has 0 saturated heterocycles. The fourth-order valence-electron chi connectivity index (χ4n) is 0.383. The lowest BCUT2D eigenvalue weighted by atomic mass is 10.7. The number of hydrogen-bond acceptors (Lipinski definition) is 4. The predicted octanol–water partition coefficient (Wildman–Crippen LogP) is 1.10. The Kier molecular flexibility index (Phi) is 3.87. The molecular weight excluding hydrogens is 148 g/mol. The number of carboxylic acids is 1. The van der Waals surface area contributed by atoms with Crippen molar-refractivity contribution in [2.45, 2.75) is 20.8 Å². The summed E-state index contributed by atoms with van der Waals surface area (Å²) in [6.45, 7) is 5.53. The molecule has 11 heavy (non-hydrogen) atoms. The molecule has 0 aliphatic heterocycles. The van der Waals surface area contributed by atoms with Crippen molar-refractivity contribution >= 4 is 5.97 Å². The van der Waals surface area contributed by atoms with Gasteiger partial charge in [0, 0.05) is 6.92 Å². The summed E-state index contributed by atoms with van der Waals surface area (Å²) in [6, 6.07) is 0. The van der Waals surface area contributed by atoms with Crippen LogP contribution in [-0.2, 0) is 0 Å². The molecule has 0 atom stereocenters. The van der Waals surface area contributed by atoms with Gasteiger partial charge in [-0.3, -0.25) is 0 Å². The Bertz CT molecular complexity index is 231. The number of carboxylic acid groups (broad SMARTS) is 1. The van der Waals surface area contributed by atoms with Crippen LogP contribution in [0, 0.1) is 6.92 Å².